The summed E-state index contributed by atoms with van der Waals surface area (Å²) in [6.07, 6.45) is 4.57. The molecule has 0 aliphatic rings. The van der Waals surface area contributed by atoms with Crippen molar-refractivity contribution in [1.82, 2.24) is 4.23 Å². The van der Waals surface area contributed by atoms with E-state index in [0.717, 1.165) is 0 Å². The van der Waals surface area contributed by atoms with Gasteiger partial charge in [0.1, 0.15) is 16.5 Å². The van der Waals surface area contributed by atoms with Crippen LogP contribution in [0.25, 0.3) is 6.08 Å². The topological polar surface area (TPSA) is 3.24 Å². The normalized spacial score (nSPS) is 13.1. The van der Waals surface area contributed by atoms with Gasteiger partial charge in [0.25, 0.3) is 0 Å². The van der Waals surface area contributed by atoms with Gasteiger partial charge >= 0.3 is 0 Å². The summed E-state index contributed by atoms with van der Waals surface area (Å²) in [6, 6.07) is 10.6. The van der Waals surface area contributed by atoms with Crippen LogP contribution < -0.4 is 0 Å². The van der Waals surface area contributed by atoms with Crippen molar-refractivity contribution in [3.63, 3.8) is 0 Å². The smallest absolute Gasteiger partial charge is 0.138 e. The van der Waals surface area contributed by atoms with Gasteiger partial charge in [0.2, 0.25) is 0 Å². The minimum absolute atomic E-state index is 1.27. The fourth-order valence-electron chi connectivity index (χ4n) is 2.18. The Hall–Kier alpha value is -0.806. The Kier molecular flexibility index (Phi) is 4.39. The van der Waals surface area contributed by atoms with Gasteiger partial charge in [-0.25, -0.2) is 0 Å². The van der Waals surface area contributed by atoms with Gasteiger partial charge in [0.05, 0.1) is 0 Å². The third kappa shape index (κ3) is 4.52. The molecule has 1 nitrogen and oxygen atoms in total. The van der Waals surface area contributed by atoms with E-state index < -0.39 is 16.5 Å². The van der Waals surface area contributed by atoms with E-state index in [0.29, 0.717) is 0 Å². The van der Waals surface area contributed by atoms with Crippen LogP contribution in [-0.2, 0) is 0 Å². The zero-order valence-electron chi connectivity index (χ0n) is 12.0. The van der Waals surface area contributed by atoms with Crippen LogP contribution >= 0.6 is 0 Å². The summed E-state index contributed by atoms with van der Waals surface area (Å²) in [7, 11) is -2.54. The van der Waals surface area contributed by atoms with Gasteiger partial charge in [0, 0.05) is 0 Å². The van der Waals surface area contributed by atoms with Crippen LogP contribution in [-0.4, -0.2) is 20.7 Å². The molecule has 0 spiro atoms. The second-order valence-corrected chi connectivity index (χ2v) is 16.5. The van der Waals surface area contributed by atoms with Crippen LogP contribution in [0.5, 0.6) is 0 Å². The third-order valence-electron chi connectivity index (χ3n) is 2.66. The molecular weight excluding hydrogens is 238 g/mol. The first-order valence-electron chi connectivity index (χ1n) is 6.24. The highest BCUT2D eigenvalue weighted by atomic mass is 28.4. The highest BCUT2D eigenvalue weighted by Crippen LogP contribution is 2.20. The standard InChI is InChI=1S/C14H25NSi2/c1-16(2,3)15(17(4,5)6)13-12-14-10-8-7-9-11-14/h7-13H,1-6H3/b13-12+. The Balaban J connectivity index is 2.92. The Morgan fingerprint density at radius 1 is 0.824 bits per heavy atom. The molecule has 0 aliphatic carbocycles. The van der Waals surface area contributed by atoms with Gasteiger partial charge in [0.15, 0.2) is 0 Å². The fourth-order valence-corrected chi connectivity index (χ4v) is 11.3. The lowest BCUT2D eigenvalue weighted by molar-refractivity contribution is 0.837. The van der Waals surface area contributed by atoms with Gasteiger partial charge in [-0.1, -0.05) is 69.6 Å². The van der Waals surface area contributed by atoms with Crippen molar-refractivity contribution in [1.29, 1.82) is 0 Å². The molecule has 94 valence electrons. The lowest BCUT2D eigenvalue weighted by Gasteiger charge is -2.43. The van der Waals surface area contributed by atoms with Gasteiger partial charge < -0.3 is 4.23 Å². The second kappa shape index (κ2) is 5.23. The minimum atomic E-state index is -1.27. The third-order valence-corrected chi connectivity index (χ3v) is 9.87. The van der Waals surface area contributed by atoms with Crippen LogP contribution in [0.4, 0.5) is 0 Å². The summed E-state index contributed by atoms with van der Waals surface area (Å²) in [5, 5.41) is 0. The molecule has 0 saturated heterocycles. The predicted octanol–water partition coefficient (Wildman–Crippen LogP) is 4.63. The fraction of sp³-hybridized carbons (Fsp3) is 0.429. The minimum Gasteiger partial charge on any atom is -0.431 e. The van der Waals surface area contributed by atoms with Crippen molar-refractivity contribution < 1.29 is 0 Å². The van der Waals surface area contributed by atoms with E-state index in [1.807, 2.05) is 0 Å². The first-order valence-corrected chi connectivity index (χ1v) is 13.1. The van der Waals surface area contributed by atoms with Crippen LogP contribution in [0.3, 0.4) is 0 Å². The molecule has 17 heavy (non-hydrogen) atoms. The SMILES string of the molecule is C[Si](C)(C)N(/C=C/c1ccccc1)[Si](C)(C)C. The monoisotopic (exact) mass is 263 g/mol. The summed E-state index contributed by atoms with van der Waals surface area (Å²) in [6.45, 7) is 14.5. The number of hydrogen-bond acceptors (Lipinski definition) is 1. The molecule has 3 heteroatoms. The van der Waals surface area contributed by atoms with Crippen molar-refractivity contribution in [2.75, 3.05) is 0 Å². The molecule has 0 bridgehead atoms. The first kappa shape index (κ1) is 14.3. The van der Waals surface area contributed by atoms with E-state index in [-0.39, 0.29) is 0 Å². The molecule has 1 aromatic rings. The van der Waals surface area contributed by atoms with Gasteiger partial charge in [-0.3, -0.25) is 0 Å². The lowest BCUT2D eigenvalue weighted by atomic mass is 10.2. The van der Waals surface area contributed by atoms with Crippen LogP contribution in [0.1, 0.15) is 5.56 Å². The van der Waals surface area contributed by atoms with Gasteiger partial charge in [-0.05, 0) is 17.8 Å². The highest BCUT2D eigenvalue weighted by molar-refractivity contribution is 6.89. The van der Waals surface area contributed by atoms with Crippen LogP contribution in [0.2, 0.25) is 39.3 Å². The van der Waals surface area contributed by atoms with E-state index in [9.17, 15) is 0 Å². The number of benzene rings is 1. The Morgan fingerprint density at radius 3 is 1.71 bits per heavy atom. The summed E-state index contributed by atoms with van der Waals surface area (Å²) in [4.78, 5) is 0. The number of rotatable bonds is 4. The van der Waals surface area contributed by atoms with E-state index in [1.165, 1.54) is 5.56 Å². The zero-order chi connectivity index (χ0) is 13.1. The summed E-state index contributed by atoms with van der Waals surface area (Å²) in [5.74, 6) is 0. The van der Waals surface area contributed by atoms with Gasteiger partial charge in [-0.15, -0.1) is 0 Å². The van der Waals surface area contributed by atoms with Crippen molar-refractivity contribution >= 4 is 22.5 Å². The average molecular weight is 264 g/mol. The predicted molar refractivity (Wildman–Crippen MR) is 84.0 cm³/mol. The van der Waals surface area contributed by atoms with Crippen LogP contribution in [0.15, 0.2) is 36.5 Å². The molecule has 1 aromatic carbocycles. The maximum absolute atomic E-state index is 2.67. The summed E-state index contributed by atoms with van der Waals surface area (Å²) in [5.41, 5.74) is 1.29. The summed E-state index contributed by atoms with van der Waals surface area (Å²) < 4.78 is 2.67. The van der Waals surface area contributed by atoms with E-state index >= 15 is 0 Å². The van der Waals surface area contributed by atoms with Crippen LogP contribution in [0, 0.1) is 0 Å². The zero-order valence-corrected chi connectivity index (χ0v) is 14.0. The molecule has 0 N–H and O–H groups in total. The highest BCUT2D eigenvalue weighted by Gasteiger charge is 2.31. The molecule has 0 aromatic heterocycles. The first-order chi connectivity index (χ1) is 7.71. The van der Waals surface area contributed by atoms with E-state index in [4.69, 9.17) is 0 Å². The molecule has 1 rings (SSSR count). The summed E-state index contributed by atoms with van der Waals surface area (Å²) >= 11 is 0. The number of nitrogens with zero attached hydrogens (tertiary/aromatic N) is 1. The maximum atomic E-state index is 2.67. The Bertz CT molecular complexity index is 357. The molecule has 0 heterocycles. The number of hydrogen-bond donors (Lipinski definition) is 0. The molecule has 0 unspecified atom stereocenters. The van der Waals surface area contributed by atoms with E-state index in [2.05, 4.69) is 86.1 Å². The quantitative estimate of drug-likeness (QED) is 0.716. The van der Waals surface area contributed by atoms with Gasteiger partial charge in [-0.2, -0.15) is 0 Å². The van der Waals surface area contributed by atoms with Crippen molar-refractivity contribution in [2.24, 2.45) is 0 Å². The molecule has 0 atom stereocenters. The Morgan fingerprint density at radius 2 is 1.29 bits per heavy atom. The lowest BCUT2D eigenvalue weighted by Crippen LogP contribution is -2.55. The van der Waals surface area contributed by atoms with E-state index in [1.54, 1.807) is 0 Å². The van der Waals surface area contributed by atoms with Crippen molar-refractivity contribution in [3.05, 3.63) is 42.1 Å². The maximum Gasteiger partial charge on any atom is 0.138 e. The molecule has 0 aliphatic heterocycles. The molecular formula is C14H25NSi2. The molecule has 0 fully saturated rings. The largest absolute Gasteiger partial charge is 0.431 e. The van der Waals surface area contributed by atoms with Crippen molar-refractivity contribution in [3.8, 4) is 0 Å². The molecule has 0 saturated carbocycles. The average Bonchev–Trinajstić information content (AvgIpc) is 2.15. The second-order valence-electron chi connectivity index (χ2n) is 6.44. The molecule has 0 radical (unpaired) electrons. The molecule has 0 amide bonds. The van der Waals surface area contributed by atoms with Crippen molar-refractivity contribution in [2.45, 2.75) is 39.3 Å². The Labute approximate surface area is 108 Å².